The van der Waals surface area contributed by atoms with Crippen LogP contribution in [-0.2, 0) is 19.3 Å². The van der Waals surface area contributed by atoms with Gasteiger partial charge in [-0.15, -0.1) is 0 Å². The first-order valence-corrected chi connectivity index (χ1v) is 8.02. The van der Waals surface area contributed by atoms with E-state index >= 15 is 0 Å². The van der Waals surface area contributed by atoms with Crippen LogP contribution in [0.2, 0.25) is 0 Å². The summed E-state index contributed by atoms with van der Waals surface area (Å²) in [4.78, 5) is 26.9. The molecule has 0 fully saturated rings. The fraction of sp³-hybridized carbons (Fsp3) is 0.333. The van der Waals surface area contributed by atoms with Crippen molar-refractivity contribution in [3.63, 3.8) is 0 Å². The molecule has 4 nitrogen and oxygen atoms in total. The monoisotopic (exact) mass is 332 g/mol. The van der Waals surface area contributed by atoms with E-state index in [0.29, 0.717) is 5.56 Å². The molecule has 6 heteroatoms. The number of rotatable bonds is 4. The van der Waals surface area contributed by atoms with E-state index in [1.807, 2.05) is 0 Å². The van der Waals surface area contributed by atoms with Crippen LogP contribution in [0.5, 0.6) is 0 Å². The van der Waals surface area contributed by atoms with Crippen molar-refractivity contribution in [1.29, 1.82) is 0 Å². The number of H-pyrrole nitrogens is 1. The van der Waals surface area contributed by atoms with Gasteiger partial charge in [-0.25, -0.2) is 8.78 Å². The third-order valence-electron chi connectivity index (χ3n) is 4.30. The first kappa shape index (κ1) is 16.4. The number of fused-ring (bicyclic) bond motifs is 1. The average Bonchev–Trinajstić information content (AvgIpc) is 2.57. The van der Waals surface area contributed by atoms with E-state index in [1.165, 1.54) is 18.2 Å². The Kier molecular flexibility index (Phi) is 4.74. The molecule has 0 spiro atoms. The van der Waals surface area contributed by atoms with Gasteiger partial charge in [-0.1, -0.05) is 12.1 Å². The second-order valence-corrected chi connectivity index (χ2v) is 5.93. The number of hydrogen-bond acceptors (Lipinski definition) is 2. The minimum absolute atomic E-state index is 0.167. The topological polar surface area (TPSA) is 62.0 Å². The largest absolute Gasteiger partial charge is 0.352 e. The molecule has 3 rings (SSSR count). The van der Waals surface area contributed by atoms with Crippen LogP contribution in [0.15, 0.2) is 29.1 Å². The Labute approximate surface area is 137 Å². The van der Waals surface area contributed by atoms with Crippen molar-refractivity contribution in [3.05, 3.63) is 68.6 Å². The molecule has 0 unspecified atom stereocenters. The van der Waals surface area contributed by atoms with Gasteiger partial charge in [-0.3, -0.25) is 9.59 Å². The van der Waals surface area contributed by atoms with Gasteiger partial charge >= 0.3 is 0 Å². The van der Waals surface area contributed by atoms with Crippen molar-refractivity contribution in [2.45, 2.75) is 32.1 Å². The van der Waals surface area contributed by atoms with Gasteiger partial charge in [-0.2, -0.15) is 0 Å². The second kappa shape index (κ2) is 6.95. The molecule has 2 aromatic rings. The van der Waals surface area contributed by atoms with Crippen molar-refractivity contribution >= 4 is 5.91 Å². The summed E-state index contributed by atoms with van der Waals surface area (Å²) in [6.07, 6.45) is 3.68. The molecule has 1 aliphatic carbocycles. The summed E-state index contributed by atoms with van der Waals surface area (Å²) >= 11 is 0. The number of halogens is 2. The Morgan fingerprint density at radius 1 is 1.21 bits per heavy atom. The van der Waals surface area contributed by atoms with Gasteiger partial charge in [0, 0.05) is 23.9 Å². The summed E-state index contributed by atoms with van der Waals surface area (Å²) in [5.41, 5.74) is 2.01. The molecule has 24 heavy (non-hydrogen) atoms. The summed E-state index contributed by atoms with van der Waals surface area (Å²) in [7, 11) is 0. The molecule has 0 saturated carbocycles. The fourth-order valence-corrected chi connectivity index (χ4v) is 3.09. The first-order valence-electron chi connectivity index (χ1n) is 8.02. The molecule has 0 bridgehead atoms. The zero-order valence-electron chi connectivity index (χ0n) is 13.1. The molecule has 126 valence electrons. The minimum atomic E-state index is -0.900. The molecule has 0 radical (unpaired) electrons. The number of amides is 1. The Morgan fingerprint density at radius 2 is 2.00 bits per heavy atom. The molecular formula is C18H18F2N2O2. The van der Waals surface area contributed by atoms with Crippen LogP contribution in [0.25, 0.3) is 0 Å². The zero-order chi connectivity index (χ0) is 17.1. The summed E-state index contributed by atoms with van der Waals surface area (Å²) in [6.45, 7) is 0.167. The van der Waals surface area contributed by atoms with Gasteiger partial charge in [0.15, 0.2) is 11.6 Å². The number of pyridine rings is 1. The second-order valence-electron chi connectivity index (χ2n) is 5.93. The summed E-state index contributed by atoms with van der Waals surface area (Å²) in [5.74, 6) is -2.14. The van der Waals surface area contributed by atoms with Crippen molar-refractivity contribution in [2.24, 2.45) is 0 Å². The molecule has 0 aliphatic heterocycles. The lowest BCUT2D eigenvalue weighted by Gasteiger charge is -2.18. The molecule has 0 atom stereocenters. The average molecular weight is 332 g/mol. The maximum Gasteiger partial charge on any atom is 0.251 e. The SMILES string of the molecule is O=C(NCCc1cccc(F)c1F)c1cc(=O)[nH]c2c1CCCC2. The summed E-state index contributed by atoms with van der Waals surface area (Å²) < 4.78 is 26.8. The van der Waals surface area contributed by atoms with E-state index in [4.69, 9.17) is 0 Å². The highest BCUT2D eigenvalue weighted by Crippen LogP contribution is 2.21. The predicted octanol–water partition coefficient (Wildman–Crippen LogP) is 2.50. The van der Waals surface area contributed by atoms with E-state index in [-0.39, 0.29) is 30.0 Å². The van der Waals surface area contributed by atoms with Gasteiger partial charge in [0.25, 0.3) is 5.91 Å². The third-order valence-corrected chi connectivity index (χ3v) is 4.30. The molecule has 1 heterocycles. The van der Waals surface area contributed by atoms with E-state index in [9.17, 15) is 18.4 Å². The number of carbonyl (C=O) groups is 1. The van der Waals surface area contributed by atoms with Gasteiger partial charge < -0.3 is 10.3 Å². The lowest BCUT2D eigenvalue weighted by atomic mass is 9.92. The molecule has 1 amide bonds. The van der Waals surface area contributed by atoms with Crippen LogP contribution in [0.4, 0.5) is 8.78 Å². The Bertz CT molecular complexity index is 830. The van der Waals surface area contributed by atoms with E-state index in [0.717, 1.165) is 43.0 Å². The van der Waals surface area contributed by atoms with Crippen molar-refractivity contribution in [3.8, 4) is 0 Å². The van der Waals surface area contributed by atoms with Gasteiger partial charge in [-0.05, 0) is 49.3 Å². The van der Waals surface area contributed by atoms with Crippen molar-refractivity contribution in [2.75, 3.05) is 6.54 Å². The Balaban J connectivity index is 1.71. The molecule has 0 saturated heterocycles. The lowest BCUT2D eigenvalue weighted by Crippen LogP contribution is -2.30. The Hall–Kier alpha value is -2.50. The van der Waals surface area contributed by atoms with Gasteiger partial charge in [0.05, 0.1) is 0 Å². The molecule has 1 aromatic carbocycles. The molecule has 1 aromatic heterocycles. The van der Waals surface area contributed by atoms with Crippen LogP contribution >= 0.6 is 0 Å². The van der Waals surface area contributed by atoms with Crippen molar-refractivity contribution in [1.82, 2.24) is 10.3 Å². The molecule has 1 aliphatic rings. The lowest BCUT2D eigenvalue weighted by molar-refractivity contribution is 0.0952. The van der Waals surface area contributed by atoms with Gasteiger partial charge in [0.1, 0.15) is 0 Å². The maximum atomic E-state index is 13.6. The first-order chi connectivity index (χ1) is 11.6. The number of nitrogens with one attached hydrogen (secondary N) is 2. The molecule has 2 N–H and O–H groups in total. The maximum absolute atomic E-state index is 13.6. The smallest absolute Gasteiger partial charge is 0.251 e. The number of hydrogen-bond donors (Lipinski definition) is 2. The van der Waals surface area contributed by atoms with Crippen LogP contribution in [0.1, 0.15) is 40.0 Å². The highest BCUT2D eigenvalue weighted by atomic mass is 19.2. The molecular weight excluding hydrogens is 314 g/mol. The predicted molar refractivity (Wildman–Crippen MR) is 86.1 cm³/mol. The van der Waals surface area contributed by atoms with Crippen LogP contribution in [0, 0.1) is 11.6 Å². The normalized spacial score (nSPS) is 13.4. The number of benzene rings is 1. The van der Waals surface area contributed by atoms with Gasteiger partial charge in [0.2, 0.25) is 5.56 Å². The summed E-state index contributed by atoms with van der Waals surface area (Å²) in [5, 5.41) is 2.69. The number of carbonyl (C=O) groups excluding carboxylic acids is 1. The number of aromatic amines is 1. The van der Waals surface area contributed by atoms with Crippen molar-refractivity contribution < 1.29 is 13.6 Å². The third kappa shape index (κ3) is 3.37. The minimum Gasteiger partial charge on any atom is -0.352 e. The van der Waals surface area contributed by atoms with Crippen LogP contribution < -0.4 is 10.9 Å². The highest BCUT2D eigenvalue weighted by Gasteiger charge is 2.19. The van der Waals surface area contributed by atoms with Crippen LogP contribution in [0.3, 0.4) is 0 Å². The Morgan fingerprint density at radius 3 is 2.83 bits per heavy atom. The van der Waals surface area contributed by atoms with E-state index < -0.39 is 11.6 Å². The van der Waals surface area contributed by atoms with E-state index in [1.54, 1.807) is 0 Å². The zero-order valence-corrected chi connectivity index (χ0v) is 13.1. The van der Waals surface area contributed by atoms with Crippen LogP contribution in [-0.4, -0.2) is 17.4 Å². The number of aryl methyl sites for hydroxylation is 1. The summed E-state index contributed by atoms with van der Waals surface area (Å²) in [6, 6.07) is 5.28. The highest BCUT2D eigenvalue weighted by molar-refractivity contribution is 5.95. The van der Waals surface area contributed by atoms with E-state index in [2.05, 4.69) is 10.3 Å². The quantitative estimate of drug-likeness (QED) is 0.904. The fourth-order valence-electron chi connectivity index (χ4n) is 3.09. The number of aromatic nitrogens is 1. The standard InChI is InChI=1S/C18H18F2N2O2/c19-14-6-3-4-11(17(14)20)8-9-21-18(24)13-10-16(23)22-15-7-2-1-5-12(13)15/h3-4,6,10H,1-2,5,7-9H2,(H,21,24)(H,22,23).